The number of hydrogen-bond acceptors (Lipinski definition) is 8. The second kappa shape index (κ2) is 11.3. The number of non-ortho nitro benzene ring substituents is 1. The van der Waals surface area contributed by atoms with Crippen LogP contribution in [-0.2, 0) is 0 Å². The molecule has 12 heteroatoms. The Balaban J connectivity index is 1.54. The predicted octanol–water partition coefficient (Wildman–Crippen LogP) is 5.38. The van der Waals surface area contributed by atoms with Crippen molar-refractivity contribution in [3.05, 3.63) is 106 Å². The van der Waals surface area contributed by atoms with Gasteiger partial charge in [0.1, 0.15) is 21.6 Å². The van der Waals surface area contributed by atoms with Gasteiger partial charge in [-0.1, -0.05) is 71.5 Å². The van der Waals surface area contributed by atoms with Gasteiger partial charge in [0.2, 0.25) is 0 Å². The van der Waals surface area contributed by atoms with E-state index in [-0.39, 0.29) is 15.6 Å². The molecule has 4 aromatic rings. The van der Waals surface area contributed by atoms with Crippen LogP contribution in [0.2, 0.25) is 0 Å². The van der Waals surface area contributed by atoms with E-state index in [9.17, 15) is 14.9 Å². The number of carbonyl (C=O) groups excluding carboxylic acids is 1. The highest BCUT2D eigenvalue weighted by atomic mass is 127. The molecule has 2 aromatic carbocycles. The van der Waals surface area contributed by atoms with Crippen molar-refractivity contribution in [2.45, 2.75) is 29.5 Å². The number of fused-ring (bicyclic) bond motifs is 1. The average Bonchev–Trinajstić information content (AvgIpc) is 3.45. The van der Waals surface area contributed by atoms with Gasteiger partial charge in [-0.15, -0.1) is 0 Å². The van der Waals surface area contributed by atoms with Gasteiger partial charge < -0.3 is 0 Å². The largest absolute Gasteiger partial charge is 0.281 e. The third-order valence-corrected chi connectivity index (χ3v) is 8.43. The van der Waals surface area contributed by atoms with Crippen LogP contribution >= 0.6 is 22.6 Å². The van der Waals surface area contributed by atoms with Crippen LogP contribution in [0.25, 0.3) is 11.3 Å². The topological polar surface area (TPSA) is 124 Å². The lowest BCUT2D eigenvalue weighted by molar-refractivity contribution is -0.385. The van der Waals surface area contributed by atoms with Crippen LogP contribution < -0.4 is 10.4 Å². The SMILES string of the molecule is O=C(NN1C(I)c2[nH]nc(-c3ccccc3)c2N(N2CCCCC2)C1c1cccc([N+](=O)[O-])c1)c1ccncc1. The molecule has 204 valence electrons. The summed E-state index contributed by atoms with van der Waals surface area (Å²) < 4.78 is -0.367. The van der Waals surface area contributed by atoms with Crippen molar-refractivity contribution in [2.75, 3.05) is 18.1 Å². The summed E-state index contributed by atoms with van der Waals surface area (Å²) in [5.41, 5.74) is 7.73. The fourth-order valence-electron chi connectivity index (χ4n) is 5.34. The highest BCUT2D eigenvalue weighted by Gasteiger charge is 2.46. The fourth-order valence-corrected chi connectivity index (χ4v) is 6.22. The van der Waals surface area contributed by atoms with Crippen LogP contribution in [0.3, 0.4) is 0 Å². The van der Waals surface area contributed by atoms with E-state index in [1.54, 1.807) is 36.7 Å². The Morgan fingerprint density at radius 2 is 1.77 bits per heavy atom. The molecule has 2 aliphatic heterocycles. The second-order valence-electron chi connectivity index (χ2n) is 9.71. The first-order valence-electron chi connectivity index (χ1n) is 13.1. The Morgan fingerprint density at radius 3 is 2.50 bits per heavy atom. The standard InChI is InChI=1S/C28H27IN8O3/c29-26-24-25(23(31-32-24)19-8-3-1-4-9-19)36(34-16-5-2-6-17-34)28(21-10-7-11-22(18-21)37(39)40)35(26)33-27(38)20-12-14-30-15-13-20/h1,3-4,7-15,18,26,28H,2,5-6,16-17H2,(H,31,32)(H,33,38). The minimum atomic E-state index is -0.585. The molecule has 0 saturated carbocycles. The number of amides is 1. The minimum absolute atomic E-state index is 0.0113. The third-order valence-electron chi connectivity index (χ3n) is 7.21. The maximum atomic E-state index is 13.5. The monoisotopic (exact) mass is 650 g/mol. The smallest absolute Gasteiger partial charge is 0.269 e. The molecule has 2 atom stereocenters. The number of rotatable bonds is 6. The maximum absolute atomic E-state index is 13.5. The molecular weight excluding hydrogens is 623 g/mol. The highest BCUT2D eigenvalue weighted by molar-refractivity contribution is 14.1. The first-order chi connectivity index (χ1) is 19.5. The van der Waals surface area contributed by atoms with Crippen molar-refractivity contribution in [3.63, 3.8) is 0 Å². The zero-order chi connectivity index (χ0) is 27.6. The number of benzene rings is 2. The van der Waals surface area contributed by atoms with Crippen molar-refractivity contribution in [1.29, 1.82) is 0 Å². The molecule has 1 amide bonds. The van der Waals surface area contributed by atoms with Gasteiger partial charge in [0.05, 0.1) is 10.6 Å². The summed E-state index contributed by atoms with van der Waals surface area (Å²) in [7, 11) is 0. The van der Waals surface area contributed by atoms with E-state index in [1.807, 2.05) is 41.4 Å². The Morgan fingerprint density at radius 1 is 1.02 bits per heavy atom. The number of H-pyrrole nitrogens is 1. The molecule has 2 aliphatic rings. The zero-order valence-electron chi connectivity index (χ0n) is 21.5. The van der Waals surface area contributed by atoms with E-state index in [0.29, 0.717) is 11.1 Å². The molecular formula is C28H27IN8O3. The third kappa shape index (κ3) is 4.93. The second-order valence-corrected chi connectivity index (χ2v) is 10.9. The molecule has 0 spiro atoms. The van der Waals surface area contributed by atoms with Gasteiger partial charge in [0.25, 0.3) is 11.6 Å². The fraction of sp³-hybridized carbons (Fsp3) is 0.250. The van der Waals surface area contributed by atoms with E-state index in [1.165, 1.54) is 6.07 Å². The number of hydrogen-bond donors (Lipinski definition) is 2. The molecule has 1 saturated heterocycles. The lowest BCUT2D eigenvalue weighted by Crippen LogP contribution is -2.59. The van der Waals surface area contributed by atoms with Crippen molar-refractivity contribution >= 4 is 39.9 Å². The number of aromatic amines is 1. The average molecular weight is 650 g/mol. The van der Waals surface area contributed by atoms with Crippen LogP contribution in [-0.4, -0.2) is 49.1 Å². The summed E-state index contributed by atoms with van der Waals surface area (Å²) in [6, 6.07) is 19.9. The number of hydrazine groups is 2. The van der Waals surface area contributed by atoms with Crippen molar-refractivity contribution in [3.8, 4) is 11.3 Å². The van der Waals surface area contributed by atoms with Gasteiger partial charge in [-0.25, -0.2) is 5.01 Å². The van der Waals surface area contributed by atoms with Gasteiger partial charge in [0, 0.05) is 48.7 Å². The van der Waals surface area contributed by atoms with Gasteiger partial charge in [-0.2, -0.15) is 10.1 Å². The molecule has 2 aromatic heterocycles. The van der Waals surface area contributed by atoms with Crippen molar-refractivity contribution < 1.29 is 9.72 Å². The minimum Gasteiger partial charge on any atom is -0.281 e. The molecule has 2 N–H and O–H groups in total. The Labute approximate surface area is 244 Å². The number of anilines is 1. The van der Waals surface area contributed by atoms with Crippen LogP contribution in [0.1, 0.15) is 51.1 Å². The number of pyridine rings is 1. The van der Waals surface area contributed by atoms with E-state index < -0.39 is 11.1 Å². The molecule has 4 heterocycles. The van der Waals surface area contributed by atoms with E-state index >= 15 is 0 Å². The number of piperidine rings is 1. The quantitative estimate of drug-likeness (QED) is 0.0938. The number of alkyl halides is 1. The number of nitrogens with one attached hydrogen (secondary N) is 2. The first kappa shape index (κ1) is 26.3. The van der Waals surface area contributed by atoms with E-state index in [0.717, 1.165) is 55.0 Å². The molecule has 11 nitrogen and oxygen atoms in total. The maximum Gasteiger partial charge on any atom is 0.269 e. The van der Waals surface area contributed by atoms with Crippen LogP contribution in [0, 0.1) is 10.1 Å². The van der Waals surface area contributed by atoms with E-state index in [4.69, 9.17) is 5.10 Å². The van der Waals surface area contributed by atoms with Gasteiger partial charge >= 0.3 is 0 Å². The summed E-state index contributed by atoms with van der Waals surface area (Å²) in [4.78, 5) is 28.9. The van der Waals surface area contributed by atoms with Crippen LogP contribution in [0.15, 0.2) is 79.1 Å². The normalized spacial score (nSPS) is 19.7. The number of aromatic nitrogens is 3. The van der Waals surface area contributed by atoms with Gasteiger partial charge in [-0.05, 0) is 30.5 Å². The lowest BCUT2D eigenvalue weighted by Gasteiger charge is -2.51. The van der Waals surface area contributed by atoms with Gasteiger partial charge in [0.15, 0.2) is 0 Å². The number of nitro benzene ring substituents is 1. The summed E-state index contributed by atoms with van der Waals surface area (Å²) >= 11 is 2.29. The Bertz CT molecular complexity index is 1510. The first-order valence-corrected chi connectivity index (χ1v) is 14.3. The molecule has 2 unspecified atom stereocenters. The van der Waals surface area contributed by atoms with Crippen molar-refractivity contribution in [2.24, 2.45) is 0 Å². The Hall–Kier alpha value is -3.88. The Kier molecular flexibility index (Phi) is 7.45. The molecule has 0 bridgehead atoms. The molecule has 1 fully saturated rings. The molecule has 40 heavy (non-hydrogen) atoms. The zero-order valence-corrected chi connectivity index (χ0v) is 23.6. The van der Waals surface area contributed by atoms with Crippen LogP contribution in [0.5, 0.6) is 0 Å². The number of nitro groups is 1. The molecule has 0 radical (unpaired) electrons. The summed E-state index contributed by atoms with van der Waals surface area (Å²) in [5.74, 6) is -0.302. The van der Waals surface area contributed by atoms with E-state index in [2.05, 4.69) is 48.1 Å². The lowest BCUT2D eigenvalue weighted by atomic mass is 10.0. The summed E-state index contributed by atoms with van der Waals surface area (Å²) in [6.45, 7) is 1.62. The summed E-state index contributed by atoms with van der Waals surface area (Å²) in [6.07, 6.45) is 5.73. The van der Waals surface area contributed by atoms with Crippen molar-refractivity contribution in [1.82, 2.24) is 30.6 Å². The number of carbonyl (C=O) groups is 1. The van der Waals surface area contributed by atoms with Crippen LogP contribution in [0.4, 0.5) is 11.4 Å². The van der Waals surface area contributed by atoms with Gasteiger partial charge in [-0.3, -0.25) is 35.4 Å². The molecule has 6 rings (SSSR count). The number of nitrogens with zero attached hydrogens (tertiary/aromatic N) is 6. The predicted molar refractivity (Wildman–Crippen MR) is 158 cm³/mol. The summed E-state index contributed by atoms with van der Waals surface area (Å²) in [5, 5.41) is 26.1. The highest BCUT2D eigenvalue weighted by Crippen LogP contribution is 2.50. The molecule has 0 aliphatic carbocycles. The number of halogens is 1.